The zero-order valence-corrected chi connectivity index (χ0v) is 15.9. The number of alkyl halides is 3. The van der Waals surface area contributed by atoms with Crippen molar-refractivity contribution in [3.63, 3.8) is 0 Å². The van der Waals surface area contributed by atoms with E-state index in [-0.39, 0.29) is 11.9 Å². The van der Waals surface area contributed by atoms with Gasteiger partial charge in [-0.15, -0.1) is 0 Å². The standard InChI is InChI=1S/C14H11F3O4S.2C2H6/c15-14(16,17)22(18,19)21-13-10(7-11-8-20-11)6-5-9-3-1-2-4-12(9)13;2*1-2/h1-6,11H,7-8H2;2*1-2H3. The van der Waals surface area contributed by atoms with Crippen LogP contribution in [0.2, 0.25) is 0 Å². The molecule has 1 aliphatic heterocycles. The minimum Gasteiger partial charge on any atom is -0.375 e. The van der Waals surface area contributed by atoms with Gasteiger partial charge in [-0.1, -0.05) is 64.1 Å². The molecule has 0 spiro atoms. The van der Waals surface area contributed by atoms with Crippen LogP contribution in [0.25, 0.3) is 10.8 Å². The van der Waals surface area contributed by atoms with E-state index in [1.165, 1.54) is 6.07 Å². The lowest BCUT2D eigenvalue weighted by atomic mass is 10.0. The number of fused-ring (bicyclic) bond motifs is 1. The number of ether oxygens (including phenoxy) is 1. The summed E-state index contributed by atoms with van der Waals surface area (Å²) in [5.74, 6) is -0.286. The maximum Gasteiger partial charge on any atom is 0.534 e. The lowest BCUT2D eigenvalue weighted by Gasteiger charge is -2.15. The highest BCUT2D eigenvalue weighted by molar-refractivity contribution is 7.88. The average molecular weight is 392 g/mol. The number of epoxide rings is 1. The van der Waals surface area contributed by atoms with Crippen LogP contribution in [0, 0.1) is 0 Å². The van der Waals surface area contributed by atoms with Gasteiger partial charge < -0.3 is 8.92 Å². The minimum atomic E-state index is -5.72. The monoisotopic (exact) mass is 392 g/mol. The number of hydrogen-bond donors (Lipinski definition) is 0. The zero-order valence-electron chi connectivity index (χ0n) is 15.1. The first-order valence-electron chi connectivity index (χ1n) is 8.41. The molecule has 1 fully saturated rings. The predicted molar refractivity (Wildman–Crippen MR) is 95.7 cm³/mol. The Morgan fingerprint density at radius 3 is 2.19 bits per heavy atom. The maximum absolute atomic E-state index is 12.6. The molecule has 4 nitrogen and oxygen atoms in total. The molecule has 1 atom stereocenters. The molecule has 26 heavy (non-hydrogen) atoms. The molecule has 0 amide bonds. The molecule has 0 saturated carbocycles. The third-order valence-electron chi connectivity index (χ3n) is 3.29. The third-order valence-corrected chi connectivity index (χ3v) is 4.24. The Labute approximate surface area is 152 Å². The number of hydrogen-bond acceptors (Lipinski definition) is 4. The van der Waals surface area contributed by atoms with Crippen LogP contribution in [0.3, 0.4) is 0 Å². The average Bonchev–Trinajstić information content (AvgIpc) is 3.43. The minimum absolute atomic E-state index is 0.114. The van der Waals surface area contributed by atoms with E-state index in [9.17, 15) is 21.6 Å². The van der Waals surface area contributed by atoms with Crippen molar-refractivity contribution in [3.05, 3.63) is 42.0 Å². The van der Waals surface area contributed by atoms with Crippen LogP contribution in [0.4, 0.5) is 13.2 Å². The van der Waals surface area contributed by atoms with E-state index in [1.807, 2.05) is 27.7 Å². The molecule has 2 aromatic rings. The second-order valence-electron chi connectivity index (χ2n) is 4.92. The molecule has 0 radical (unpaired) electrons. The van der Waals surface area contributed by atoms with Crippen LogP contribution in [-0.4, -0.2) is 26.6 Å². The summed E-state index contributed by atoms with van der Waals surface area (Å²) in [4.78, 5) is 0. The first-order chi connectivity index (χ1) is 12.3. The van der Waals surface area contributed by atoms with E-state index in [1.54, 1.807) is 30.3 Å². The quantitative estimate of drug-likeness (QED) is 0.414. The van der Waals surface area contributed by atoms with Gasteiger partial charge in [0.05, 0.1) is 12.7 Å². The molecule has 1 heterocycles. The Morgan fingerprint density at radius 2 is 1.65 bits per heavy atom. The molecule has 1 saturated heterocycles. The fraction of sp³-hybridized carbons (Fsp3) is 0.444. The summed E-state index contributed by atoms with van der Waals surface area (Å²) < 4.78 is 69.9. The van der Waals surface area contributed by atoms with Crippen LogP contribution in [0.5, 0.6) is 5.75 Å². The highest BCUT2D eigenvalue weighted by Crippen LogP contribution is 2.36. The molecule has 2 aromatic carbocycles. The predicted octanol–water partition coefficient (Wildman–Crippen LogP) is 5.06. The Hall–Kier alpha value is -1.80. The molecular formula is C18H23F3O4S. The van der Waals surface area contributed by atoms with Gasteiger partial charge in [0.2, 0.25) is 0 Å². The van der Waals surface area contributed by atoms with Crippen LogP contribution in [-0.2, 0) is 21.3 Å². The van der Waals surface area contributed by atoms with Crippen LogP contribution in [0.1, 0.15) is 33.3 Å². The van der Waals surface area contributed by atoms with Gasteiger partial charge in [0.25, 0.3) is 0 Å². The largest absolute Gasteiger partial charge is 0.534 e. The summed E-state index contributed by atoms with van der Waals surface area (Å²) in [6.45, 7) is 8.50. The van der Waals surface area contributed by atoms with E-state index in [0.29, 0.717) is 29.4 Å². The van der Waals surface area contributed by atoms with Gasteiger partial charge in [-0.25, -0.2) is 0 Å². The smallest absolute Gasteiger partial charge is 0.375 e. The van der Waals surface area contributed by atoms with Gasteiger partial charge in [0, 0.05) is 11.8 Å². The van der Waals surface area contributed by atoms with Crippen molar-refractivity contribution >= 4 is 20.9 Å². The van der Waals surface area contributed by atoms with Gasteiger partial charge in [-0.2, -0.15) is 21.6 Å². The zero-order chi connectivity index (χ0) is 20.0. The molecule has 0 aromatic heterocycles. The van der Waals surface area contributed by atoms with E-state index in [0.717, 1.165) is 0 Å². The number of benzene rings is 2. The highest BCUT2D eigenvalue weighted by atomic mass is 32.2. The van der Waals surface area contributed by atoms with Gasteiger partial charge in [-0.05, 0) is 10.9 Å². The molecule has 0 N–H and O–H groups in total. The SMILES string of the molecule is CC.CC.O=S(=O)(Oc1c(CC2CO2)ccc2ccccc12)C(F)(F)F. The van der Waals surface area contributed by atoms with Crippen molar-refractivity contribution in [2.45, 2.75) is 45.7 Å². The molecular weight excluding hydrogens is 369 g/mol. The van der Waals surface area contributed by atoms with Gasteiger partial charge in [0.1, 0.15) is 0 Å². The normalized spacial score (nSPS) is 16.0. The second kappa shape index (κ2) is 9.23. The van der Waals surface area contributed by atoms with Crippen LogP contribution >= 0.6 is 0 Å². The van der Waals surface area contributed by atoms with Gasteiger partial charge in [-0.3, -0.25) is 0 Å². The Kier molecular flexibility index (Phi) is 7.89. The Balaban J connectivity index is 0.000000791. The first kappa shape index (κ1) is 22.2. The second-order valence-corrected chi connectivity index (χ2v) is 6.46. The fourth-order valence-corrected chi connectivity index (χ4v) is 2.65. The van der Waals surface area contributed by atoms with Crippen molar-refractivity contribution in [2.24, 2.45) is 0 Å². The lowest BCUT2D eigenvalue weighted by molar-refractivity contribution is -0.0499. The van der Waals surface area contributed by atoms with Gasteiger partial charge >= 0.3 is 15.6 Å². The summed E-state index contributed by atoms with van der Waals surface area (Å²) in [7, 11) is -5.72. The molecule has 0 aliphatic carbocycles. The molecule has 0 bridgehead atoms. The van der Waals surface area contributed by atoms with Crippen LogP contribution in [0.15, 0.2) is 36.4 Å². The van der Waals surface area contributed by atoms with Crippen molar-refractivity contribution in [1.29, 1.82) is 0 Å². The number of halogens is 3. The number of rotatable bonds is 4. The molecule has 8 heteroatoms. The Bertz CT molecular complexity index is 813. The van der Waals surface area contributed by atoms with E-state index in [4.69, 9.17) is 4.74 Å². The summed E-state index contributed by atoms with van der Waals surface area (Å²) in [5, 5.41) is 0.906. The molecule has 1 unspecified atom stereocenters. The summed E-state index contributed by atoms with van der Waals surface area (Å²) in [6.07, 6.45) is 0.185. The van der Waals surface area contributed by atoms with E-state index in [2.05, 4.69) is 4.18 Å². The lowest BCUT2D eigenvalue weighted by Crippen LogP contribution is -2.28. The molecule has 3 rings (SSSR count). The summed E-state index contributed by atoms with van der Waals surface area (Å²) >= 11 is 0. The van der Waals surface area contributed by atoms with Crippen molar-refractivity contribution in [3.8, 4) is 5.75 Å². The van der Waals surface area contributed by atoms with Gasteiger partial charge in [0.15, 0.2) is 5.75 Å². The highest BCUT2D eigenvalue weighted by Gasteiger charge is 2.49. The van der Waals surface area contributed by atoms with Crippen LogP contribution < -0.4 is 4.18 Å². The molecule has 146 valence electrons. The van der Waals surface area contributed by atoms with Crippen molar-refractivity contribution in [2.75, 3.05) is 6.61 Å². The third kappa shape index (κ3) is 5.35. The van der Waals surface area contributed by atoms with E-state index < -0.39 is 15.6 Å². The van der Waals surface area contributed by atoms with Crippen molar-refractivity contribution in [1.82, 2.24) is 0 Å². The maximum atomic E-state index is 12.6. The molecule has 1 aliphatic rings. The van der Waals surface area contributed by atoms with E-state index >= 15 is 0 Å². The topological polar surface area (TPSA) is 55.9 Å². The fourth-order valence-electron chi connectivity index (χ4n) is 2.14. The summed E-state index contributed by atoms with van der Waals surface area (Å²) in [6, 6.07) is 9.76. The Morgan fingerprint density at radius 1 is 1.08 bits per heavy atom. The summed E-state index contributed by atoms with van der Waals surface area (Å²) in [5.41, 5.74) is -5.11. The first-order valence-corrected chi connectivity index (χ1v) is 9.82. The van der Waals surface area contributed by atoms with Crippen molar-refractivity contribution < 1.29 is 30.5 Å².